The number of hydrogen-bond acceptors (Lipinski definition) is 4. The number of esters is 1. The molecule has 0 fully saturated rings. The van der Waals surface area contributed by atoms with E-state index < -0.39 is 18.1 Å². The summed E-state index contributed by atoms with van der Waals surface area (Å²) in [4.78, 5) is 24.3. The van der Waals surface area contributed by atoms with Crippen LogP contribution in [0.4, 0.5) is 0 Å². The molecule has 0 aromatic heterocycles. The van der Waals surface area contributed by atoms with E-state index in [1.54, 1.807) is 13.0 Å². The molecule has 0 saturated heterocycles. The molecular weight excluding hydrogens is 398 g/mol. The second-order valence-electron chi connectivity index (χ2n) is 5.97. The summed E-state index contributed by atoms with van der Waals surface area (Å²) in [6.45, 7) is 3.63. The molecule has 2 aromatic carbocycles. The highest BCUT2D eigenvalue weighted by atomic mass is 79.9. The Labute approximate surface area is 161 Å². The minimum Gasteiger partial charge on any atom is -0.481 e. The van der Waals surface area contributed by atoms with Gasteiger partial charge in [-0.05, 0) is 49.2 Å². The van der Waals surface area contributed by atoms with Crippen LogP contribution in [0, 0.1) is 6.92 Å². The second kappa shape index (κ2) is 9.38. The Morgan fingerprint density at radius 2 is 1.88 bits per heavy atom. The van der Waals surface area contributed by atoms with Gasteiger partial charge >= 0.3 is 5.97 Å². The average Bonchev–Trinajstić information content (AvgIpc) is 2.60. The van der Waals surface area contributed by atoms with Gasteiger partial charge in [-0.1, -0.05) is 40.2 Å². The fourth-order valence-corrected chi connectivity index (χ4v) is 2.88. The number of ether oxygens (including phenoxy) is 2. The van der Waals surface area contributed by atoms with Gasteiger partial charge in [-0.2, -0.15) is 0 Å². The number of aryl methyl sites for hydroxylation is 1. The largest absolute Gasteiger partial charge is 0.481 e. The van der Waals surface area contributed by atoms with Crippen molar-refractivity contribution in [1.82, 2.24) is 5.32 Å². The number of carbonyl (C=O) groups is 2. The monoisotopic (exact) mass is 419 g/mol. The van der Waals surface area contributed by atoms with Crippen molar-refractivity contribution in [3.8, 4) is 5.75 Å². The summed E-state index contributed by atoms with van der Waals surface area (Å²) >= 11 is 3.41. The summed E-state index contributed by atoms with van der Waals surface area (Å²) in [5.74, 6) is -0.0810. The minimum atomic E-state index is -0.705. The fraction of sp³-hybridized carbons (Fsp3) is 0.300. The lowest BCUT2D eigenvalue weighted by Crippen LogP contribution is -2.39. The smallest absolute Gasteiger partial charge is 0.307 e. The Kier molecular flexibility index (Phi) is 7.21. The molecule has 0 aliphatic heterocycles. The van der Waals surface area contributed by atoms with Gasteiger partial charge in [0.2, 0.25) is 0 Å². The van der Waals surface area contributed by atoms with Gasteiger partial charge in [-0.3, -0.25) is 9.59 Å². The van der Waals surface area contributed by atoms with E-state index in [2.05, 4.69) is 21.2 Å². The number of halogens is 1. The van der Waals surface area contributed by atoms with E-state index >= 15 is 0 Å². The number of nitrogens with one attached hydrogen (secondary N) is 1. The normalized spacial score (nSPS) is 12.8. The molecule has 0 aliphatic carbocycles. The van der Waals surface area contributed by atoms with E-state index in [-0.39, 0.29) is 12.3 Å². The summed E-state index contributed by atoms with van der Waals surface area (Å²) in [6, 6.07) is 14.4. The Morgan fingerprint density at radius 3 is 2.54 bits per heavy atom. The summed E-state index contributed by atoms with van der Waals surface area (Å²) < 4.78 is 11.3. The molecule has 2 unspecified atom stereocenters. The van der Waals surface area contributed by atoms with Crippen LogP contribution < -0.4 is 10.1 Å². The predicted octanol–water partition coefficient (Wildman–Crippen LogP) is 3.95. The molecule has 0 spiro atoms. The number of methoxy groups -OCH3 is 1. The number of rotatable bonds is 7. The third-order valence-corrected chi connectivity index (χ3v) is 4.33. The molecule has 2 aromatic rings. The Bertz CT molecular complexity index is 778. The molecule has 0 aliphatic rings. The number of amides is 1. The Hall–Kier alpha value is -2.34. The first-order valence-electron chi connectivity index (χ1n) is 8.25. The van der Waals surface area contributed by atoms with E-state index in [1.165, 1.54) is 7.11 Å². The molecule has 0 bridgehead atoms. The molecule has 0 heterocycles. The molecule has 2 rings (SSSR count). The van der Waals surface area contributed by atoms with Gasteiger partial charge in [0.15, 0.2) is 6.10 Å². The summed E-state index contributed by atoms with van der Waals surface area (Å²) in [5, 5.41) is 2.87. The third kappa shape index (κ3) is 5.88. The van der Waals surface area contributed by atoms with Gasteiger partial charge in [0, 0.05) is 4.47 Å². The second-order valence-corrected chi connectivity index (χ2v) is 6.89. The lowest BCUT2D eigenvalue weighted by molar-refractivity contribution is -0.141. The molecule has 1 amide bonds. The fourth-order valence-electron chi connectivity index (χ4n) is 2.46. The maximum Gasteiger partial charge on any atom is 0.307 e. The topological polar surface area (TPSA) is 64.6 Å². The van der Waals surface area contributed by atoms with Crippen molar-refractivity contribution in [2.75, 3.05) is 7.11 Å². The van der Waals surface area contributed by atoms with Crippen LogP contribution in [0.5, 0.6) is 5.75 Å². The summed E-state index contributed by atoms with van der Waals surface area (Å²) in [6.07, 6.45) is -0.667. The molecule has 6 heteroatoms. The first-order chi connectivity index (χ1) is 12.4. The van der Waals surface area contributed by atoms with Crippen molar-refractivity contribution < 1.29 is 19.1 Å². The first kappa shape index (κ1) is 20.0. The highest BCUT2D eigenvalue weighted by Crippen LogP contribution is 2.22. The minimum absolute atomic E-state index is 0.0376. The number of carbonyl (C=O) groups excluding carboxylic acids is 2. The van der Waals surface area contributed by atoms with Crippen molar-refractivity contribution in [1.29, 1.82) is 0 Å². The maximum absolute atomic E-state index is 12.6. The quantitative estimate of drug-likeness (QED) is 0.690. The molecule has 26 heavy (non-hydrogen) atoms. The van der Waals surface area contributed by atoms with Crippen LogP contribution in [0.1, 0.15) is 30.5 Å². The van der Waals surface area contributed by atoms with Gasteiger partial charge in [0.05, 0.1) is 19.6 Å². The van der Waals surface area contributed by atoms with Crippen molar-refractivity contribution in [3.63, 3.8) is 0 Å². The van der Waals surface area contributed by atoms with Gasteiger partial charge in [0.25, 0.3) is 5.91 Å². The number of hydrogen-bond donors (Lipinski definition) is 1. The zero-order valence-electron chi connectivity index (χ0n) is 15.0. The zero-order valence-corrected chi connectivity index (χ0v) is 16.6. The highest BCUT2D eigenvalue weighted by Gasteiger charge is 2.23. The van der Waals surface area contributed by atoms with E-state index in [1.807, 2.05) is 49.4 Å². The van der Waals surface area contributed by atoms with E-state index in [0.717, 1.165) is 15.6 Å². The lowest BCUT2D eigenvalue weighted by atomic mass is 10.0. The molecule has 5 nitrogen and oxygen atoms in total. The SMILES string of the molecule is COC(=O)CC(NC(=O)C(C)Oc1cccc(C)c1)c1cccc(Br)c1. The van der Waals surface area contributed by atoms with Gasteiger partial charge in [-0.15, -0.1) is 0 Å². The van der Waals surface area contributed by atoms with Gasteiger partial charge in [0.1, 0.15) is 5.75 Å². The van der Waals surface area contributed by atoms with Gasteiger partial charge in [-0.25, -0.2) is 0 Å². The lowest BCUT2D eigenvalue weighted by Gasteiger charge is -2.21. The zero-order chi connectivity index (χ0) is 19.1. The van der Waals surface area contributed by atoms with Gasteiger partial charge < -0.3 is 14.8 Å². The molecular formula is C20H22BrNO4. The predicted molar refractivity (Wildman–Crippen MR) is 103 cm³/mol. The van der Waals surface area contributed by atoms with Crippen molar-refractivity contribution >= 4 is 27.8 Å². The molecule has 0 saturated carbocycles. The summed E-state index contributed by atoms with van der Waals surface area (Å²) in [7, 11) is 1.32. The molecule has 2 atom stereocenters. The highest BCUT2D eigenvalue weighted by molar-refractivity contribution is 9.10. The van der Waals surface area contributed by atoms with E-state index in [0.29, 0.717) is 5.75 Å². The van der Waals surface area contributed by atoms with E-state index in [4.69, 9.17) is 9.47 Å². The maximum atomic E-state index is 12.6. The van der Waals surface area contributed by atoms with Crippen LogP contribution in [0.15, 0.2) is 53.0 Å². The standard InChI is InChI=1S/C20H22BrNO4/c1-13-6-4-9-17(10-13)26-14(2)20(24)22-18(12-19(23)25-3)15-7-5-8-16(21)11-15/h4-11,14,18H,12H2,1-3H3,(H,22,24). The van der Waals surface area contributed by atoms with Crippen LogP contribution in [-0.2, 0) is 14.3 Å². The van der Waals surface area contributed by atoms with Crippen molar-refractivity contribution in [2.24, 2.45) is 0 Å². The Morgan fingerprint density at radius 1 is 1.15 bits per heavy atom. The third-order valence-electron chi connectivity index (χ3n) is 3.84. The number of benzene rings is 2. The molecule has 1 N–H and O–H groups in total. The van der Waals surface area contributed by atoms with Crippen molar-refractivity contribution in [2.45, 2.75) is 32.4 Å². The van der Waals surface area contributed by atoms with Crippen LogP contribution in [0.2, 0.25) is 0 Å². The summed E-state index contributed by atoms with van der Waals surface area (Å²) in [5.41, 5.74) is 1.86. The van der Waals surface area contributed by atoms with Crippen LogP contribution in [-0.4, -0.2) is 25.1 Å². The van der Waals surface area contributed by atoms with E-state index in [9.17, 15) is 9.59 Å². The average molecular weight is 420 g/mol. The van der Waals surface area contributed by atoms with Crippen molar-refractivity contribution in [3.05, 3.63) is 64.1 Å². The molecule has 138 valence electrons. The van der Waals surface area contributed by atoms with Crippen LogP contribution >= 0.6 is 15.9 Å². The first-order valence-corrected chi connectivity index (χ1v) is 9.04. The Balaban J connectivity index is 2.10. The van der Waals surface area contributed by atoms with Crippen LogP contribution in [0.3, 0.4) is 0 Å². The molecule has 0 radical (unpaired) electrons. The van der Waals surface area contributed by atoms with Crippen LogP contribution in [0.25, 0.3) is 0 Å².